The van der Waals surface area contributed by atoms with Crippen LogP contribution in [0, 0.1) is 0 Å². The minimum atomic E-state index is -1.02. The lowest BCUT2D eigenvalue weighted by Crippen LogP contribution is -2.16. The fourth-order valence-electron chi connectivity index (χ4n) is 3.23. The maximum absolute atomic E-state index is 11.5. The van der Waals surface area contributed by atoms with Crippen LogP contribution >= 0.6 is 0 Å². The van der Waals surface area contributed by atoms with Gasteiger partial charge in [-0.05, 0) is 49.7 Å². The normalized spacial score (nSPS) is 11.9. The Morgan fingerprint density at radius 1 is 1.10 bits per heavy atom. The molecule has 0 aliphatic carbocycles. The van der Waals surface area contributed by atoms with Gasteiger partial charge in [-0.25, -0.2) is 4.79 Å². The number of benzene rings is 2. The molecule has 0 bridgehead atoms. The number of aliphatic hydroxyl groups excluding tert-OH is 1. The van der Waals surface area contributed by atoms with E-state index in [2.05, 4.69) is 0 Å². The Bertz CT molecular complexity index is 1030. The van der Waals surface area contributed by atoms with Crippen LogP contribution in [0.15, 0.2) is 48.5 Å². The second-order valence-electron chi connectivity index (χ2n) is 6.81. The number of carboxylic acid groups (broad SMARTS) is 1. The molecule has 0 unspecified atom stereocenters. The van der Waals surface area contributed by atoms with Crippen molar-refractivity contribution in [2.24, 2.45) is 0 Å². The number of carbonyl (C=O) groups is 1. The van der Waals surface area contributed by atoms with Crippen molar-refractivity contribution >= 4 is 5.97 Å². The van der Waals surface area contributed by atoms with Crippen molar-refractivity contribution in [3.63, 3.8) is 0 Å². The van der Waals surface area contributed by atoms with Gasteiger partial charge >= 0.3 is 5.97 Å². The molecule has 0 radical (unpaired) electrons. The van der Waals surface area contributed by atoms with E-state index in [1.807, 2.05) is 44.2 Å². The summed E-state index contributed by atoms with van der Waals surface area (Å²) in [5, 5.41) is 24.4. The number of ether oxygens (including phenoxy) is 2. The number of aromatic nitrogens is 2. The van der Waals surface area contributed by atoms with Crippen LogP contribution in [-0.4, -0.2) is 45.8 Å². The largest absolute Gasteiger partial charge is 0.496 e. The molecule has 30 heavy (non-hydrogen) atoms. The van der Waals surface area contributed by atoms with Crippen molar-refractivity contribution in [3.05, 3.63) is 54.1 Å². The Morgan fingerprint density at radius 3 is 2.53 bits per heavy atom. The molecule has 1 atom stereocenters. The molecule has 2 N–H and O–H groups in total. The highest BCUT2D eigenvalue weighted by Gasteiger charge is 2.20. The number of hydrogen-bond acceptors (Lipinski definition) is 5. The average Bonchev–Trinajstić information content (AvgIpc) is 3.17. The van der Waals surface area contributed by atoms with Gasteiger partial charge in [0.2, 0.25) is 0 Å². The highest BCUT2D eigenvalue weighted by Crippen LogP contribution is 2.36. The molecular formula is C23H26N2O5. The van der Waals surface area contributed by atoms with Gasteiger partial charge in [0, 0.05) is 11.1 Å². The number of carboxylic acids is 1. The van der Waals surface area contributed by atoms with Gasteiger partial charge in [0.1, 0.15) is 11.5 Å². The lowest BCUT2D eigenvalue weighted by Gasteiger charge is -2.13. The minimum absolute atomic E-state index is 0.149. The van der Waals surface area contributed by atoms with E-state index in [1.165, 1.54) is 6.07 Å². The summed E-state index contributed by atoms with van der Waals surface area (Å²) in [5.41, 5.74) is 2.88. The third-order valence-electron chi connectivity index (χ3n) is 4.82. The third-order valence-corrected chi connectivity index (χ3v) is 4.82. The van der Waals surface area contributed by atoms with E-state index in [1.54, 1.807) is 23.9 Å². The molecule has 7 nitrogen and oxygen atoms in total. The van der Waals surface area contributed by atoms with E-state index in [0.29, 0.717) is 42.3 Å². The molecule has 158 valence electrons. The molecule has 0 saturated heterocycles. The molecule has 0 aliphatic heterocycles. The number of aromatic carboxylic acids is 1. The van der Waals surface area contributed by atoms with Crippen LogP contribution in [0.1, 0.15) is 30.6 Å². The van der Waals surface area contributed by atoms with Crippen molar-refractivity contribution in [3.8, 4) is 34.0 Å². The molecule has 0 aliphatic rings. The summed E-state index contributed by atoms with van der Waals surface area (Å²) < 4.78 is 12.9. The number of nitrogens with zero attached hydrogens (tertiary/aromatic N) is 2. The summed E-state index contributed by atoms with van der Waals surface area (Å²) in [6, 6.07) is 14.1. The molecule has 0 amide bonds. The van der Waals surface area contributed by atoms with Gasteiger partial charge in [0.25, 0.3) is 0 Å². The van der Waals surface area contributed by atoms with Gasteiger partial charge in [-0.3, -0.25) is 4.68 Å². The first kappa shape index (κ1) is 21.4. The minimum Gasteiger partial charge on any atom is -0.496 e. The number of aliphatic hydroxyl groups is 1. The molecule has 0 fully saturated rings. The lowest BCUT2D eigenvalue weighted by molar-refractivity contribution is 0.0697. The van der Waals surface area contributed by atoms with Gasteiger partial charge in [-0.1, -0.05) is 19.1 Å². The smallest absolute Gasteiger partial charge is 0.335 e. The maximum atomic E-state index is 11.5. The van der Waals surface area contributed by atoms with E-state index in [-0.39, 0.29) is 5.56 Å². The fraction of sp³-hybridized carbons (Fsp3) is 0.304. The van der Waals surface area contributed by atoms with Crippen molar-refractivity contribution in [1.29, 1.82) is 0 Å². The van der Waals surface area contributed by atoms with Crippen molar-refractivity contribution in [1.82, 2.24) is 9.78 Å². The van der Waals surface area contributed by atoms with E-state index < -0.39 is 12.1 Å². The van der Waals surface area contributed by atoms with Gasteiger partial charge < -0.3 is 19.7 Å². The zero-order valence-corrected chi connectivity index (χ0v) is 17.3. The molecule has 1 heterocycles. The Labute approximate surface area is 175 Å². The molecule has 3 aromatic rings. The van der Waals surface area contributed by atoms with Crippen LogP contribution < -0.4 is 9.47 Å². The second-order valence-corrected chi connectivity index (χ2v) is 6.81. The molecule has 0 spiro atoms. The first-order chi connectivity index (χ1) is 14.5. The third kappa shape index (κ3) is 4.46. The van der Waals surface area contributed by atoms with Crippen LogP contribution in [-0.2, 0) is 6.54 Å². The lowest BCUT2D eigenvalue weighted by atomic mass is 10.0. The van der Waals surface area contributed by atoms with Crippen LogP contribution in [0.4, 0.5) is 0 Å². The summed E-state index contributed by atoms with van der Waals surface area (Å²) in [4.78, 5) is 11.5. The Kier molecular flexibility index (Phi) is 6.74. The van der Waals surface area contributed by atoms with Crippen LogP contribution in [0.5, 0.6) is 11.5 Å². The SMILES string of the molecule is CCOc1ccc(C(=O)O)cc1-c1cc(-c2ccccc2OC)n(C[C@@H](O)CC)n1. The standard InChI is InChI=1S/C23H26N2O5/c1-4-16(26)14-25-20(17-8-6-7-9-21(17)29-3)13-19(24-25)18-12-15(23(27)28)10-11-22(18)30-5-2/h6-13,16,26H,4-5,14H2,1-3H3,(H,27,28)/t16-/m0/s1. The maximum Gasteiger partial charge on any atom is 0.335 e. The molecule has 1 aromatic heterocycles. The Balaban J connectivity index is 2.19. The summed E-state index contributed by atoms with van der Waals surface area (Å²) >= 11 is 0. The number of rotatable bonds is 9. The molecule has 0 saturated carbocycles. The molecule has 2 aromatic carbocycles. The quantitative estimate of drug-likeness (QED) is 0.552. The first-order valence-corrected chi connectivity index (χ1v) is 9.88. The Hall–Kier alpha value is -3.32. The van der Waals surface area contributed by atoms with Crippen molar-refractivity contribution in [2.45, 2.75) is 32.9 Å². The van der Waals surface area contributed by atoms with Crippen molar-refractivity contribution < 1.29 is 24.5 Å². The van der Waals surface area contributed by atoms with Gasteiger partial charge in [0.15, 0.2) is 0 Å². The monoisotopic (exact) mass is 410 g/mol. The van der Waals surface area contributed by atoms with E-state index >= 15 is 0 Å². The number of hydrogen-bond donors (Lipinski definition) is 2. The zero-order chi connectivity index (χ0) is 21.7. The van der Waals surface area contributed by atoms with Crippen LogP contribution in [0.3, 0.4) is 0 Å². The van der Waals surface area contributed by atoms with Gasteiger partial charge in [0.05, 0.1) is 43.3 Å². The average molecular weight is 410 g/mol. The van der Waals surface area contributed by atoms with Crippen molar-refractivity contribution in [2.75, 3.05) is 13.7 Å². The summed E-state index contributed by atoms with van der Waals surface area (Å²) in [6.45, 7) is 4.51. The van der Waals surface area contributed by atoms with E-state index in [0.717, 1.165) is 11.3 Å². The van der Waals surface area contributed by atoms with Gasteiger partial charge in [-0.15, -0.1) is 0 Å². The second kappa shape index (κ2) is 9.45. The molecular weight excluding hydrogens is 384 g/mol. The molecule has 3 rings (SSSR count). The number of para-hydroxylation sites is 1. The van der Waals surface area contributed by atoms with Gasteiger partial charge in [-0.2, -0.15) is 5.10 Å². The number of methoxy groups -OCH3 is 1. The first-order valence-electron chi connectivity index (χ1n) is 9.88. The highest BCUT2D eigenvalue weighted by atomic mass is 16.5. The van der Waals surface area contributed by atoms with Crippen LogP contribution in [0.2, 0.25) is 0 Å². The van der Waals surface area contributed by atoms with E-state index in [9.17, 15) is 15.0 Å². The predicted molar refractivity (Wildman–Crippen MR) is 114 cm³/mol. The highest BCUT2D eigenvalue weighted by molar-refractivity contribution is 5.90. The van der Waals surface area contributed by atoms with Crippen LogP contribution in [0.25, 0.3) is 22.5 Å². The predicted octanol–water partition coefficient (Wildman–Crippen LogP) is 4.09. The van der Waals surface area contributed by atoms with E-state index in [4.69, 9.17) is 14.6 Å². The Morgan fingerprint density at radius 2 is 1.87 bits per heavy atom. The summed E-state index contributed by atoms with van der Waals surface area (Å²) in [7, 11) is 1.60. The molecule has 7 heteroatoms. The fourth-order valence-corrected chi connectivity index (χ4v) is 3.23. The zero-order valence-electron chi connectivity index (χ0n) is 17.3. The summed E-state index contributed by atoms with van der Waals surface area (Å²) in [5.74, 6) is 0.209. The summed E-state index contributed by atoms with van der Waals surface area (Å²) in [6.07, 6.45) is 0.0159. The topological polar surface area (TPSA) is 93.8 Å².